The first-order valence-corrected chi connectivity index (χ1v) is 8.12. The molecule has 0 radical (unpaired) electrons. The van der Waals surface area contributed by atoms with E-state index in [1.165, 1.54) is 5.56 Å². The lowest BCUT2D eigenvalue weighted by Gasteiger charge is -2.31. The van der Waals surface area contributed by atoms with Gasteiger partial charge in [-0.25, -0.2) is 0 Å². The number of hydrogen-bond donors (Lipinski definition) is 2. The summed E-state index contributed by atoms with van der Waals surface area (Å²) in [5.41, 5.74) is 1.14. The van der Waals surface area contributed by atoms with Gasteiger partial charge in [0.15, 0.2) is 0 Å². The van der Waals surface area contributed by atoms with Crippen molar-refractivity contribution in [2.24, 2.45) is 5.41 Å². The molecule has 23 heavy (non-hydrogen) atoms. The van der Waals surface area contributed by atoms with Crippen molar-refractivity contribution in [3.05, 3.63) is 34.9 Å². The molecule has 0 aromatic heterocycles. The molecule has 2 atom stereocenters. The minimum absolute atomic E-state index is 0. The lowest BCUT2D eigenvalue weighted by atomic mass is 9.85. The highest BCUT2D eigenvalue weighted by atomic mass is 35.5. The van der Waals surface area contributed by atoms with Gasteiger partial charge in [0.1, 0.15) is 6.04 Å². The molecule has 0 spiro atoms. The quantitative estimate of drug-likeness (QED) is 0.848. The molecule has 1 aromatic carbocycles. The topological polar surface area (TPSA) is 50.4 Å². The molecule has 130 valence electrons. The number of carbonyl (C=O) groups is 1. The lowest BCUT2D eigenvalue weighted by molar-refractivity contribution is -0.129. The van der Waals surface area contributed by atoms with Crippen molar-refractivity contribution in [3.63, 3.8) is 0 Å². The van der Waals surface area contributed by atoms with Crippen molar-refractivity contribution < 1.29 is 9.53 Å². The lowest BCUT2D eigenvalue weighted by Crippen LogP contribution is -2.56. The van der Waals surface area contributed by atoms with Gasteiger partial charge in [-0.2, -0.15) is 0 Å². The predicted molar refractivity (Wildman–Crippen MR) is 96.4 cm³/mol. The van der Waals surface area contributed by atoms with E-state index in [0.717, 1.165) is 11.4 Å². The summed E-state index contributed by atoms with van der Waals surface area (Å²) in [5.74, 6) is 0.00590. The molecule has 4 nitrogen and oxygen atoms in total. The number of ether oxygens (including phenoxy) is 1. The van der Waals surface area contributed by atoms with Crippen molar-refractivity contribution in [3.8, 4) is 0 Å². The van der Waals surface area contributed by atoms with Crippen LogP contribution in [0.3, 0.4) is 0 Å². The smallest absolute Gasteiger partial charge is 0.239 e. The SMILES string of the molecule is C[C@H]1OCCN[C@@H]1C(=O)NCC(C)(C)Cc1cccc(Cl)c1.Cl. The van der Waals surface area contributed by atoms with E-state index in [4.69, 9.17) is 16.3 Å². The van der Waals surface area contributed by atoms with E-state index < -0.39 is 0 Å². The van der Waals surface area contributed by atoms with Gasteiger partial charge in [-0.3, -0.25) is 4.79 Å². The molecule has 0 aliphatic carbocycles. The highest BCUT2D eigenvalue weighted by Crippen LogP contribution is 2.23. The van der Waals surface area contributed by atoms with E-state index >= 15 is 0 Å². The number of benzene rings is 1. The van der Waals surface area contributed by atoms with Crippen LogP contribution in [0, 0.1) is 5.41 Å². The molecule has 0 unspecified atom stereocenters. The molecule has 0 bridgehead atoms. The number of hydrogen-bond acceptors (Lipinski definition) is 3. The van der Waals surface area contributed by atoms with Gasteiger partial charge in [-0.05, 0) is 36.5 Å². The summed E-state index contributed by atoms with van der Waals surface area (Å²) in [6, 6.07) is 7.60. The van der Waals surface area contributed by atoms with Crippen molar-refractivity contribution in [2.45, 2.75) is 39.3 Å². The highest BCUT2D eigenvalue weighted by Gasteiger charge is 2.29. The third-order valence-corrected chi connectivity index (χ3v) is 4.15. The maximum absolute atomic E-state index is 12.3. The summed E-state index contributed by atoms with van der Waals surface area (Å²) >= 11 is 6.03. The average molecular weight is 361 g/mol. The Morgan fingerprint density at radius 2 is 2.22 bits per heavy atom. The summed E-state index contributed by atoms with van der Waals surface area (Å²) < 4.78 is 5.51. The summed E-state index contributed by atoms with van der Waals surface area (Å²) in [6.45, 7) is 8.20. The van der Waals surface area contributed by atoms with Crippen LogP contribution in [0.5, 0.6) is 0 Å². The fourth-order valence-electron chi connectivity index (χ4n) is 2.73. The second-order valence-corrected chi connectivity index (χ2v) is 7.13. The second kappa shape index (κ2) is 8.88. The molecule has 1 aliphatic rings. The van der Waals surface area contributed by atoms with Gasteiger partial charge in [0.25, 0.3) is 0 Å². The van der Waals surface area contributed by atoms with Crippen molar-refractivity contribution >= 4 is 29.9 Å². The van der Waals surface area contributed by atoms with E-state index in [1.54, 1.807) is 0 Å². The predicted octanol–water partition coefficient (Wildman–Crippen LogP) is 2.82. The summed E-state index contributed by atoms with van der Waals surface area (Å²) in [7, 11) is 0. The van der Waals surface area contributed by atoms with Crippen LogP contribution in [-0.4, -0.2) is 37.7 Å². The van der Waals surface area contributed by atoms with Gasteiger partial charge in [-0.15, -0.1) is 12.4 Å². The van der Waals surface area contributed by atoms with Crippen molar-refractivity contribution in [1.82, 2.24) is 10.6 Å². The first kappa shape index (κ1) is 20.2. The van der Waals surface area contributed by atoms with Gasteiger partial charge in [-0.1, -0.05) is 37.6 Å². The normalized spacial score (nSPS) is 21.4. The van der Waals surface area contributed by atoms with E-state index in [9.17, 15) is 4.79 Å². The molecule has 2 N–H and O–H groups in total. The van der Waals surface area contributed by atoms with Gasteiger partial charge < -0.3 is 15.4 Å². The zero-order chi connectivity index (χ0) is 16.2. The standard InChI is InChI=1S/C17H25ClN2O2.ClH/c1-12-15(19-7-8-22-12)16(21)20-11-17(2,3)10-13-5-4-6-14(18)9-13;/h4-6,9,12,15,19H,7-8,10-11H2,1-3H3,(H,20,21);1H/t12-,15+;/m1./s1. The van der Waals surface area contributed by atoms with E-state index in [2.05, 4.69) is 30.5 Å². The van der Waals surface area contributed by atoms with Crippen LogP contribution in [0.4, 0.5) is 0 Å². The largest absolute Gasteiger partial charge is 0.375 e. The second-order valence-electron chi connectivity index (χ2n) is 6.70. The Morgan fingerprint density at radius 1 is 1.48 bits per heavy atom. The first-order chi connectivity index (χ1) is 10.4. The zero-order valence-corrected chi connectivity index (χ0v) is 15.5. The van der Waals surface area contributed by atoms with E-state index in [-0.39, 0.29) is 35.9 Å². The third-order valence-electron chi connectivity index (χ3n) is 3.91. The van der Waals surface area contributed by atoms with Crippen LogP contribution < -0.4 is 10.6 Å². The molecule has 1 amide bonds. The Hall–Kier alpha value is -0.810. The van der Waals surface area contributed by atoms with Crippen LogP contribution in [0.15, 0.2) is 24.3 Å². The number of nitrogens with one attached hydrogen (secondary N) is 2. The van der Waals surface area contributed by atoms with Gasteiger partial charge >= 0.3 is 0 Å². The molecule has 0 saturated carbocycles. The number of morpholine rings is 1. The molecule has 1 heterocycles. The maximum atomic E-state index is 12.3. The highest BCUT2D eigenvalue weighted by molar-refractivity contribution is 6.30. The van der Waals surface area contributed by atoms with Gasteiger partial charge in [0, 0.05) is 18.1 Å². The molecule has 1 aromatic rings. The number of amides is 1. The third kappa shape index (κ3) is 6.30. The van der Waals surface area contributed by atoms with Gasteiger partial charge in [0.05, 0.1) is 12.7 Å². The van der Waals surface area contributed by atoms with Crippen LogP contribution in [0.1, 0.15) is 26.3 Å². The van der Waals surface area contributed by atoms with Crippen molar-refractivity contribution in [1.29, 1.82) is 0 Å². The molecule has 1 saturated heterocycles. The molecule has 1 fully saturated rings. The maximum Gasteiger partial charge on any atom is 0.239 e. The minimum Gasteiger partial charge on any atom is -0.375 e. The molecule has 2 rings (SSSR count). The van der Waals surface area contributed by atoms with Crippen LogP contribution in [0.2, 0.25) is 5.02 Å². The van der Waals surface area contributed by atoms with Crippen LogP contribution in [0.25, 0.3) is 0 Å². The van der Waals surface area contributed by atoms with Crippen LogP contribution in [-0.2, 0) is 16.0 Å². The first-order valence-electron chi connectivity index (χ1n) is 7.74. The average Bonchev–Trinajstić information content (AvgIpc) is 2.45. The van der Waals surface area contributed by atoms with Crippen molar-refractivity contribution in [2.75, 3.05) is 19.7 Å². The summed E-state index contributed by atoms with van der Waals surface area (Å²) in [4.78, 5) is 12.3. The Morgan fingerprint density at radius 3 is 2.87 bits per heavy atom. The summed E-state index contributed by atoms with van der Waals surface area (Å²) in [5, 5.41) is 7.00. The van der Waals surface area contributed by atoms with Crippen LogP contribution >= 0.6 is 24.0 Å². The minimum atomic E-state index is -0.268. The molecule has 6 heteroatoms. The number of carbonyl (C=O) groups excluding carboxylic acids is 1. The fraction of sp³-hybridized carbons (Fsp3) is 0.588. The van der Waals surface area contributed by atoms with E-state index in [0.29, 0.717) is 19.7 Å². The molecule has 1 aliphatic heterocycles. The monoisotopic (exact) mass is 360 g/mol. The zero-order valence-electron chi connectivity index (χ0n) is 13.9. The Balaban J connectivity index is 0.00000264. The summed E-state index contributed by atoms with van der Waals surface area (Å²) in [6.07, 6.45) is 0.766. The number of halogens is 2. The fourth-order valence-corrected chi connectivity index (χ4v) is 2.94. The molecular weight excluding hydrogens is 335 g/mol. The molecular formula is C17H26Cl2N2O2. The Bertz CT molecular complexity index is 523. The van der Waals surface area contributed by atoms with Gasteiger partial charge in [0.2, 0.25) is 5.91 Å². The Labute approximate surface area is 149 Å². The van der Waals surface area contributed by atoms with E-state index in [1.807, 2.05) is 25.1 Å². The Kier molecular flexibility index (Phi) is 7.81. The number of rotatable bonds is 5.